The third-order valence-electron chi connectivity index (χ3n) is 18.4. The third kappa shape index (κ3) is 16.7. The fourth-order valence-corrected chi connectivity index (χ4v) is 16.5. The summed E-state index contributed by atoms with van der Waals surface area (Å²) in [5.74, 6) is -2.56. The van der Waals surface area contributed by atoms with Crippen LogP contribution in [0.4, 0.5) is 24.5 Å². The molecule has 2 bridgehead atoms. The van der Waals surface area contributed by atoms with Gasteiger partial charge in [0.1, 0.15) is 16.9 Å². The molecule has 4 amide bonds. The molecule has 5 N–H and O–H groups in total. The number of benzene rings is 4. The van der Waals surface area contributed by atoms with E-state index in [-0.39, 0.29) is 78.3 Å². The van der Waals surface area contributed by atoms with E-state index in [1.807, 2.05) is 65.9 Å². The van der Waals surface area contributed by atoms with Crippen LogP contribution < -0.4 is 25.4 Å². The molecule has 5 aliphatic rings. The first-order chi connectivity index (χ1) is 44.1. The topological polar surface area (TPSA) is 258 Å². The van der Waals surface area contributed by atoms with Gasteiger partial charge in [-0.15, -0.1) is 11.8 Å². The highest BCUT2D eigenvalue weighted by Crippen LogP contribution is 2.44. The lowest BCUT2D eigenvalue weighted by Crippen LogP contribution is -2.49. The number of nitrogens with one attached hydrogen (secondary N) is 2. The Kier molecular flexibility index (Phi) is 21.7. The fraction of sp³-hybridized carbons (Fsp3) is 0.500. The SMILES string of the molecule is CC(C)[C@@H](C(=O)N1CC(O)CC1C(N)=O)c1cc(OCCCCC(=O)N2C[C@H]3C[C@@H]2CN3CC[C@H](CSc2ccccc2)Nc2ccc(S(=O)(=O)NC(=O)c3ccc(N4CCN(CC5=C(c6ccc(Cl)cc6)CCC(C)(C)C5)CC4)cc3)cc2S(=O)(=O)C(F)(F)F)no1. The molecule has 4 fully saturated rings. The summed E-state index contributed by atoms with van der Waals surface area (Å²) < 4.78 is 111. The number of hydrogen-bond donors (Lipinski definition) is 4. The Morgan fingerprint density at radius 2 is 1.60 bits per heavy atom. The average molecular weight is 1370 g/mol. The number of carbonyl (C=O) groups is 4. The Morgan fingerprint density at radius 1 is 0.882 bits per heavy atom. The van der Waals surface area contributed by atoms with E-state index in [1.165, 1.54) is 51.6 Å². The number of halogens is 4. The average Bonchev–Trinajstić information content (AvgIpc) is 1.18. The summed E-state index contributed by atoms with van der Waals surface area (Å²) >= 11 is 7.62. The predicted octanol–water partition coefficient (Wildman–Crippen LogP) is 9.21. The molecule has 6 atom stereocenters. The molecule has 4 aromatic carbocycles. The Morgan fingerprint density at radius 3 is 2.27 bits per heavy atom. The number of sulfonamides is 1. The molecular weight excluding hydrogens is 1280 g/mol. The Labute approximate surface area is 550 Å². The van der Waals surface area contributed by atoms with E-state index >= 15 is 0 Å². The van der Waals surface area contributed by atoms with E-state index in [2.05, 4.69) is 51.2 Å². The maximum atomic E-state index is 14.6. The molecule has 4 saturated heterocycles. The number of primary amides is 1. The molecule has 502 valence electrons. The number of piperazine rings is 2. The molecule has 0 saturated carbocycles. The van der Waals surface area contributed by atoms with Gasteiger partial charge in [-0.05, 0) is 139 Å². The standard InChI is InChI=1S/C66H81ClF3N9O11S3/c1-42(2)61(64(84)79-40-51(80)33-56(79)62(71)82)57-35-59(73-90-57)89-31-9-8-12-60(81)78-39-49-32-50(78)38-77(49)26-24-47(41-91-52-10-6-5-7-11-52)72-55-22-21-53(34-58(55)92(85,86)66(68,69)70)93(87,88)74-63(83)44-15-19-48(20-16-44)76-29-27-75(28-30-76)37-45-36-65(3,4)25-23-54(45)43-13-17-46(67)18-14-43/h5-7,10-11,13-22,34-35,42,47,49-51,56,61,72,80H,8-9,12,23-33,36-41H2,1-4H3,(H2,71,82)(H,74,83)/t47-,49-,50-,51?,56?,61-/m1/s1. The normalized spacial score (nSPS) is 21.1. The quantitative estimate of drug-likeness (QED) is 0.0297. The van der Waals surface area contributed by atoms with Crippen LogP contribution in [0.1, 0.15) is 113 Å². The van der Waals surface area contributed by atoms with Gasteiger partial charge < -0.3 is 40.1 Å². The first kappa shape index (κ1) is 69.2. The van der Waals surface area contributed by atoms with Crippen molar-refractivity contribution in [3.8, 4) is 5.88 Å². The number of aliphatic hydroxyl groups is 1. The number of alkyl halides is 3. The summed E-state index contributed by atoms with van der Waals surface area (Å²) in [6, 6.07) is 25.9. The van der Waals surface area contributed by atoms with Gasteiger partial charge in [-0.3, -0.25) is 29.0 Å². The van der Waals surface area contributed by atoms with Gasteiger partial charge in [-0.2, -0.15) is 13.2 Å². The molecule has 1 aliphatic carbocycles. The van der Waals surface area contributed by atoms with Crippen LogP contribution in [0.25, 0.3) is 5.57 Å². The summed E-state index contributed by atoms with van der Waals surface area (Å²) in [4.78, 5) is 61.4. The molecule has 2 unspecified atom stereocenters. The van der Waals surface area contributed by atoms with Crippen molar-refractivity contribution in [1.82, 2.24) is 29.5 Å². The number of allylic oxidation sites excluding steroid dienone is 1. The number of fused-ring (bicyclic) bond motifs is 2. The predicted molar refractivity (Wildman–Crippen MR) is 349 cm³/mol. The van der Waals surface area contributed by atoms with E-state index in [0.29, 0.717) is 63.1 Å². The number of anilines is 2. The monoisotopic (exact) mass is 1360 g/mol. The molecule has 10 rings (SSSR count). The second-order valence-corrected chi connectivity index (χ2v) is 31.1. The van der Waals surface area contributed by atoms with Gasteiger partial charge >= 0.3 is 5.51 Å². The molecule has 1 aromatic heterocycles. The summed E-state index contributed by atoms with van der Waals surface area (Å²) in [6.45, 7) is 13.8. The number of ether oxygens (including phenoxy) is 1. The molecule has 27 heteroatoms. The Hall–Kier alpha value is -6.68. The minimum atomic E-state index is -6.17. The number of hydrogen-bond acceptors (Lipinski definition) is 17. The van der Waals surface area contributed by atoms with Gasteiger partial charge in [0, 0.05) is 123 Å². The van der Waals surface area contributed by atoms with Crippen LogP contribution in [0, 0.1) is 11.3 Å². The van der Waals surface area contributed by atoms with Crippen molar-refractivity contribution in [2.45, 2.75) is 142 Å². The highest BCUT2D eigenvalue weighted by molar-refractivity contribution is 7.99. The second-order valence-electron chi connectivity index (χ2n) is 26.0. The highest BCUT2D eigenvalue weighted by atomic mass is 35.5. The van der Waals surface area contributed by atoms with Crippen LogP contribution in [-0.4, -0.2) is 177 Å². The number of aromatic nitrogens is 1. The maximum Gasteiger partial charge on any atom is 0.501 e. The summed E-state index contributed by atoms with van der Waals surface area (Å²) in [5, 5.41) is 17.9. The van der Waals surface area contributed by atoms with Gasteiger partial charge in [-0.25, -0.2) is 21.6 Å². The van der Waals surface area contributed by atoms with Crippen molar-refractivity contribution in [2.24, 2.45) is 17.1 Å². The van der Waals surface area contributed by atoms with Crippen molar-refractivity contribution in [3.05, 3.63) is 131 Å². The lowest BCUT2D eigenvalue weighted by Gasteiger charge is -2.39. The van der Waals surface area contributed by atoms with E-state index in [9.17, 15) is 54.3 Å². The van der Waals surface area contributed by atoms with Gasteiger partial charge in [0.2, 0.25) is 17.7 Å². The van der Waals surface area contributed by atoms with Crippen LogP contribution >= 0.6 is 23.4 Å². The molecular formula is C66H81ClF3N9O11S3. The van der Waals surface area contributed by atoms with E-state index in [4.69, 9.17) is 26.6 Å². The second kappa shape index (κ2) is 29.1. The number of nitrogens with two attached hydrogens (primary N) is 1. The molecule has 0 radical (unpaired) electrons. The number of carbonyl (C=O) groups excluding carboxylic acids is 4. The number of likely N-dealkylation sites (tertiary alicyclic amines) is 3. The minimum Gasteiger partial charge on any atom is -0.476 e. The number of thioether (sulfide) groups is 1. The lowest BCUT2D eigenvalue weighted by atomic mass is 9.73. The first-order valence-electron chi connectivity index (χ1n) is 31.5. The maximum absolute atomic E-state index is 14.6. The summed E-state index contributed by atoms with van der Waals surface area (Å²) in [5.41, 5.74) is 4.22. The molecule has 5 aromatic rings. The summed E-state index contributed by atoms with van der Waals surface area (Å²) in [7, 11) is -11.1. The van der Waals surface area contributed by atoms with Crippen molar-refractivity contribution >= 4 is 83.8 Å². The van der Waals surface area contributed by atoms with Gasteiger partial charge in [0.05, 0.1) is 23.3 Å². The number of β-amino-alcohol motifs (C(OH)–C–C–N with tert-alkyl or cyclic N) is 1. The van der Waals surface area contributed by atoms with Crippen molar-refractivity contribution in [2.75, 3.05) is 81.5 Å². The molecule has 4 aliphatic heterocycles. The largest absolute Gasteiger partial charge is 0.501 e. The Balaban J connectivity index is 0.727. The van der Waals surface area contributed by atoms with E-state index in [1.54, 1.807) is 12.1 Å². The molecule has 93 heavy (non-hydrogen) atoms. The molecule has 20 nitrogen and oxygen atoms in total. The molecule has 0 spiro atoms. The zero-order valence-corrected chi connectivity index (χ0v) is 55.7. The van der Waals surface area contributed by atoms with Gasteiger partial charge in [0.25, 0.3) is 31.6 Å². The minimum absolute atomic E-state index is 0.00356. The van der Waals surface area contributed by atoms with Crippen LogP contribution in [0.2, 0.25) is 5.02 Å². The first-order valence-corrected chi connectivity index (χ1v) is 35.9. The van der Waals surface area contributed by atoms with Crippen molar-refractivity contribution in [3.63, 3.8) is 0 Å². The number of rotatable bonds is 26. The fourth-order valence-electron chi connectivity index (χ4n) is 13.4. The van der Waals surface area contributed by atoms with Gasteiger partial charge in [0.15, 0.2) is 5.76 Å². The number of amides is 4. The van der Waals surface area contributed by atoms with Gasteiger partial charge in [-0.1, -0.05) is 75.2 Å². The van der Waals surface area contributed by atoms with Crippen LogP contribution in [0.3, 0.4) is 0 Å². The smallest absolute Gasteiger partial charge is 0.476 e. The summed E-state index contributed by atoms with van der Waals surface area (Å²) in [6.07, 6.45) is 4.62. The number of aliphatic hydroxyl groups excluding tert-OH is 1. The molecule has 5 heterocycles. The van der Waals surface area contributed by atoms with Crippen LogP contribution in [0.15, 0.2) is 128 Å². The number of unbranched alkanes of at least 4 members (excludes halogenated alkanes) is 1. The van der Waals surface area contributed by atoms with Crippen LogP contribution in [0.5, 0.6) is 5.88 Å². The highest BCUT2D eigenvalue weighted by Gasteiger charge is 2.49. The van der Waals surface area contributed by atoms with Crippen LogP contribution in [-0.2, 0) is 34.2 Å². The zero-order valence-electron chi connectivity index (χ0n) is 52.5. The zero-order chi connectivity index (χ0) is 66.6. The van der Waals surface area contributed by atoms with Crippen molar-refractivity contribution in [1.29, 1.82) is 0 Å². The van der Waals surface area contributed by atoms with E-state index < -0.39 is 82.7 Å². The number of nitrogens with zero attached hydrogens (tertiary/aromatic N) is 6. The third-order valence-corrected chi connectivity index (χ3v) is 22.7. The lowest BCUT2D eigenvalue weighted by molar-refractivity contribution is -0.140. The van der Waals surface area contributed by atoms with E-state index in [0.717, 1.165) is 68.0 Å². The number of sulfone groups is 1. The van der Waals surface area contributed by atoms with Crippen molar-refractivity contribution < 1.29 is 63.6 Å². The Bertz CT molecular complexity index is 3760.